The number of carbonyl (C=O) groups excluding carboxylic acids is 3. The molecule has 1 aliphatic rings. The Balaban J connectivity index is 1.41. The monoisotopic (exact) mass is 521 g/mol. The topological polar surface area (TPSA) is 97.0 Å². The second-order valence-corrected chi connectivity index (χ2v) is 9.07. The van der Waals surface area contributed by atoms with Gasteiger partial charge in [-0.25, -0.2) is 0 Å². The maximum atomic E-state index is 13.1. The van der Waals surface area contributed by atoms with E-state index < -0.39 is 0 Å². The summed E-state index contributed by atoms with van der Waals surface area (Å²) in [7, 11) is 2.97. The SMILES string of the molecule is COc1cc(NC(=O)C2CCN(C(=O)c3ccc(Cl)cc3)CC2)c(OC)cc1NC(=O)c1ccccc1. The number of carbonyl (C=O) groups is 3. The number of ether oxygens (including phenoxy) is 2. The van der Waals surface area contributed by atoms with E-state index in [0.29, 0.717) is 65.0 Å². The van der Waals surface area contributed by atoms with Crippen LogP contribution in [0.3, 0.4) is 0 Å². The van der Waals surface area contributed by atoms with Gasteiger partial charge in [-0.15, -0.1) is 0 Å². The fourth-order valence-electron chi connectivity index (χ4n) is 4.23. The van der Waals surface area contributed by atoms with E-state index in [0.717, 1.165) is 0 Å². The molecule has 0 unspecified atom stereocenters. The van der Waals surface area contributed by atoms with Gasteiger partial charge in [-0.05, 0) is 49.2 Å². The molecule has 3 aromatic carbocycles. The molecule has 0 aliphatic carbocycles. The molecule has 4 rings (SSSR count). The lowest BCUT2D eigenvalue weighted by atomic mass is 9.95. The van der Waals surface area contributed by atoms with Crippen molar-refractivity contribution >= 4 is 40.7 Å². The Morgan fingerprint density at radius 3 is 1.95 bits per heavy atom. The molecule has 9 heteroatoms. The minimum Gasteiger partial charge on any atom is -0.494 e. The van der Waals surface area contributed by atoms with Crippen LogP contribution in [-0.4, -0.2) is 49.9 Å². The summed E-state index contributed by atoms with van der Waals surface area (Å²) in [6.07, 6.45) is 1.08. The van der Waals surface area contributed by atoms with E-state index >= 15 is 0 Å². The third-order valence-corrected chi connectivity index (χ3v) is 6.56. The van der Waals surface area contributed by atoms with Crippen molar-refractivity contribution in [2.24, 2.45) is 5.92 Å². The second kappa shape index (κ2) is 11.8. The van der Waals surface area contributed by atoms with Crippen molar-refractivity contribution in [3.8, 4) is 11.5 Å². The van der Waals surface area contributed by atoms with Crippen LogP contribution < -0.4 is 20.1 Å². The van der Waals surface area contributed by atoms with E-state index in [-0.39, 0.29) is 23.6 Å². The van der Waals surface area contributed by atoms with Crippen LogP contribution >= 0.6 is 11.6 Å². The van der Waals surface area contributed by atoms with Gasteiger partial charge in [0.25, 0.3) is 11.8 Å². The van der Waals surface area contributed by atoms with Crippen LogP contribution in [0.2, 0.25) is 5.02 Å². The molecule has 3 aromatic rings. The molecule has 37 heavy (non-hydrogen) atoms. The van der Waals surface area contributed by atoms with Gasteiger partial charge in [0.15, 0.2) is 0 Å². The van der Waals surface area contributed by atoms with Gasteiger partial charge in [0.1, 0.15) is 11.5 Å². The van der Waals surface area contributed by atoms with E-state index in [2.05, 4.69) is 10.6 Å². The van der Waals surface area contributed by atoms with E-state index in [1.54, 1.807) is 65.6 Å². The van der Waals surface area contributed by atoms with E-state index in [9.17, 15) is 14.4 Å². The zero-order valence-corrected chi connectivity index (χ0v) is 21.4. The molecule has 0 saturated carbocycles. The number of anilines is 2. The number of rotatable bonds is 7. The van der Waals surface area contributed by atoms with Crippen LogP contribution in [0, 0.1) is 5.92 Å². The quantitative estimate of drug-likeness (QED) is 0.451. The van der Waals surface area contributed by atoms with Gasteiger partial charge in [0.05, 0.1) is 25.6 Å². The molecule has 0 spiro atoms. The Hall–Kier alpha value is -4.04. The normalized spacial score (nSPS) is 13.5. The van der Waals surface area contributed by atoms with Gasteiger partial charge in [-0.3, -0.25) is 14.4 Å². The zero-order valence-electron chi connectivity index (χ0n) is 20.6. The molecule has 192 valence electrons. The highest BCUT2D eigenvalue weighted by atomic mass is 35.5. The lowest BCUT2D eigenvalue weighted by Gasteiger charge is -2.31. The highest BCUT2D eigenvalue weighted by Gasteiger charge is 2.28. The lowest BCUT2D eigenvalue weighted by molar-refractivity contribution is -0.121. The van der Waals surface area contributed by atoms with Crippen molar-refractivity contribution in [3.05, 3.63) is 82.9 Å². The van der Waals surface area contributed by atoms with Crippen LogP contribution in [0.15, 0.2) is 66.7 Å². The Kier molecular flexibility index (Phi) is 8.30. The first-order valence-electron chi connectivity index (χ1n) is 11.9. The van der Waals surface area contributed by atoms with Crippen molar-refractivity contribution in [2.75, 3.05) is 37.9 Å². The summed E-state index contributed by atoms with van der Waals surface area (Å²) >= 11 is 5.91. The Labute approximate surface area is 220 Å². The summed E-state index contributed by atoms with van der Waals surface area (Å²) < 4.78 is 10.9. The summed E-state index contributed by atoms with van der Waals surface area (Å²) in [6.45, 7) is 0.953. The van der Waals surface area contributed by atoms with E-state index in [1.165, 1.54) is 14.2 Å². The summed E-state index contributed by atoms with van der Waals surface area (Å²) in [6, 6.07) is 18.8. The fourth-order valence-corrected chi connectivity index (χ4v) is 4.36. The highest BCUT2D eigenvalue weighted by Crippen LogP contribution is 2.37. The minimum atomic E-state index is -0.294. The summed E-state index contributed by atoms with van der Waals surface area (Å²) in [5.41, 5.74) is 1.92. The molecule has 0 radical (unpaired) electrons. The second-order valence-electron chi connectivity index (χ2n) is 8.64. The maximum absolute atomic E-state index is 13.1. The number of nitrogens with one attached hydrogen (secondary N) is 2. The number of likely N-dealkylation sites (tertiary alicyclic amines) is 1. The van der Waals surface area contributed by atoms with Crippen molar-refractivity contribution in [2.45, 2.75) is 12.8 Å². The summed E-state index contributed by atoms with van der Waals surface area (Å²) in [4.78, 5) is 40.2. The molecule has 3 amide bonds. The molecule has 0 aromatic heterocycles. The molecule has 1 heterocycles. The van der Waals surface area contributed by atoms with Gasteiger partial charge in [0.2, 0.25) is 5.91 Å². The number of methoxy groups -OCH3 is 2. The van der Waals surface area contributed by atoms with Gasteiger partial charge < -0.3 is 25.0 Å². The highest BCUT2D eigenvalue weighted by molar-refractivity contribution is 6.30. The third kappa shape index (κ3) is 6.21. The molecule has 2 N–H and O–H groups in total. The number of hydrogen-bond acceptors (Lipinski definition) is 5. The standard InChI is InChI=1S/C28H28ClN3O5/c1-36-24-17-23(25(37-2)16-22(24)30-26(33)18-6-4-3-5-7-18)31-27(34)19-12-14-32(15-13-19)28(35)20-8-10-21(29)11-9-20/h3-11,16-17,19H,12-15H2,1-2H3,(H,30,33)(H,31,34). The average molecular weight is 522 g/mol. The van der Waals surface area contributed by atoms with Crippen molar-refractivity contribution in [1.29, 1.82) is 0 Å². The van der Waals surface area contributed by atoms with Crippen LogP contribution in [-0.2, 0) is 4.79 Å². The number of benzene rings is 3. The minimum absolute atomic E-state index is 0.0740. The molecule has 1 aliphatic heterocycles. The number of nitrogens with zero attached hydrogens (tertiary/aromatic N) is 1. The summed E-state index contributed by atoms with van der Waals surface area (Å²) in [5.74, 6) is -0.0354. The average Bonchev–Trinajstić information content (AvgIpc) is 2.94. The van der Waals surface area contributed by atoms with E-state index in [4.69, 9.17) is 21.1 Å². The Bertz CT molecular complexity index is 1270. The van der Waals surface area contributed by atoms with E-state index in [1.807, 2.05) is 6.07 Å². The van der Waals surface area contributed by atoms with Gasteiger partial charge >= 0.3 is 0 Å². The molecule has 0 atom stereocenters. The lowest BCUT2D eigenvalue weighted by Crippen LogP contribution is -2.41. The molecule has 0 bridgehead atoms. The van der Waals surface area contributed by atoms with Crippen molar-refractivity contribution in [1.82, 2.24) is 4.90 Å². The predicted molar refractivity (Wildman–Crippen MR) is 143 cm³/mol. The number of amides is 3. The number of hydrogen-bond donors (Lipinski definition) is 2. The molecular weight excluding hydrogens is 494 g/mol. The zero-order chi connectivity index (χ0) is 26.4. The Morgan fingerprint density at radius 2 is 1.38 bits per heavy atom. The first-order chi connectivity index (χ1) is 17.9. The van der Waals surface area contributed by atoms with Gasteiger partial charge in [-0.1, -0.05) is 29.8 Å². The van der Waals surface area contributed by atoms with Crippen LogP contribution in [0.5, 0.6) is 11.5 Å². The summed E-state index contributed by atoms with van der Waals surface area (Å²) in [5, 5.41) is 6.33. The fraction of sp³-hybridized carbons (Fsp3) is 0.250. The first-order valence-corrected chi connectivity index (χ1v) is 12.3. The molecule has 1 fully saturated rings. The molecule has 1 saturated heterocycles. The van der Waals surface area contributed by atoms with Gasteiger partial charge in [0, 0.05) is 47.3 Å². The number of piperidine rings is 1. The first kappa shape index (κ1) is 26.0. The van der Waals surface area contributed by atoms with Crippen LogP contribution in [0.4, 0.5) is 11.4 Å². The van der Waals surface area contributed by atoms with Crippen molar-refractivity contribution in [3.63, 3.8) is 0 Å². The third-order valence-electron chi connectivity index (χ3n) is 6.31. The number of halogens is 1. The maximum Gasteiger partial charge on any atom is 0.255 e. The van der Waals surface area contributed by atoms with Crippen molar-refractivity contribution < 1.29 is 23.9 Å². The molecule has 8 nitrogen and oxygen atoms in total. The molecular formula is C28H28ClN3O5. The largest absolute Gasteiger partial charge is 0.494 e. The predicted octanol–water partition coefficient (Wildman–Crippen LogP) is 5.10. The Morgan fingerprint density at radius 1 is 0.811 bits per heavy atom. The van der Waals surface area contributed by atoms with Crippen LogP contribution in [0.25, 0.3) is 0 Å². The smallest absolute Gasteiger partial charge is 0.255 e. The van der Waals surface area contributed by atoms with Gasteiger partial charge in [-0.2, -0.15) is 0 Å². The van der Waals surface area contributed by atoms with Crippen LogP contribution in [0.1, 0.15) is 33.6 Å².